The van der Waals surface area contributed by atoms with Crippen LogP contribution in [-0.4, -0.2) is 25.0 Å². The fourth-order valence-corrected chi connectivity index (χ4v) is 1.64. The predicted molar refractivity (Wildman–Crippen MR) is 66.3 cm³/mol. The Morgan fingerprint density at radius 1 is 1.50 bits per heavy atom. The molecule has 0 aliphatic carbocycles. The van der Waals surface area contributed by atoms with Crippen LogP contribution in [-0.2, 0) is 0 Å². The third-order valence-corrected chi connectivity index (χ3v) is 2.54. The summed E-state index contributed by atoms with van der Waals surface area (Å²) in [5.41, 5.74) is 7.14. The molecule has 6 nitrogen and oxygen atoms in total. The summed E-state index contributed by atoms with van der Waals surface area (Å²) < 4.78 is 10.4. The minimum absolute atomic E-state index is 0.268. The topological polar surface area (TPSA) is 90.4 Å². The highest BCUT2D eigenvalue weighted by molar-refractivity contribution is 6.00. The number of hydrogen-bond donors (Lipinski definition) is 2. The molecule has 3 N–H and O–H groups in total. The van der Waals surface area contributed by atoms with Gasteiger partial charge in [0.25, 0.3) is 5.91 Å². The summed E-state index contributed by atoms with van der Waals surface area (Å²) in [5.74, 6) is 0.768. The fraction of sp³-hybridized carbons (Fsp3) is 0.167. The van der Waals surface area contributed by atoms with Crippen LogP contribution in [0.25, 0.3) is 11.3 Å². The molecule has 0 spiro atoms. The van der Waals surface area contributed by atoms with E-state index in [-0.39, 0.29) is 5.91 Å². The third kappa shape index (κ3) is 2.00. The van der Waals surface area contributed by atoms with E-state index in [2.05, 4.69) is 10.3 Å². The average molecular weight is 247 g/mol. The van der Waals surface area contributed by atoms with Crippen LogP contribution in [0, 0.1) is 0 Å². The predicted octanol–water partition coefficient (Wildman–Crippen LogP) is 1.29. The van der Waals surface area contributed by atoms with Crippen LogP contribution in [0.1, 0.15) is 10.4 Å². The van der Waals surface area contributed by atoms with Crippen molar-refractivity contribution < 1.29 is 13.9 Å². The first-order valence-electron chi connectivity index (χ1n) is 5.25. The molecule has 0 bridgehead atoms. The van der Waals surface area contributed by atoms with Crippen LogP contribution < -0.4 is 15.8 Å². The third-order valence-electron chi connectivity index (χ3n) is 2.54. The van der Waals surface area contributed by atoms with E-state index in [0.717, 1.165) is 0 Å². The zero-order chi connectivity index (χ0) is 13.1. The first-order valence-corrected chi connectivity index (χ1v) is 5.25. The highest BCUT2D eigenvalue weighted by Gasteiger charge is 2.16. The van der Waals surface area contributed by atoms with Gasteiger partial charge in [0.2, 0.25) is 0 Å². The number of aromatic nitrogens is 1. The number of anilines is 1. The number of nitrogen functional groups attached to an aromatic ring is 1. The minimum Gasteiger partial charge on any atom is -0.496 e. The molecule has 0 aliphatic rings. The number of benzene rings is 1. The lowest BCUT2D eigenvalue weighted by molar-refractivity contribution is 0.0964. The van der Waals surface area contributed by atoms with E-state index >= 15 is 0 Å². The van der Waals surface area contributed by atoms with Crippen molar-refractivity contribution in [1.82, 2.24) is 10.3 Å². The molecule has 0 saturated heterocycles. The largest absolute Gasteiger partial charge is 0.496 e. The molecule has 18 heavy (non-hydrogen) atoms. The molecule has 0 radical (unpaired) electrons. The quantitative estimate of drug-likeness (QED) is 0.797. The van der Waals surface area contributed by atoms with Gasteiger partial charge in [-0.3, -0.25) is 4.79 Å². The van der Waals surface area contributed by atoms with Gasteiger partial charge in [0.15, 0.2) is 12.2 Å². The summed E-state index contributed by atoms with van der Waals surface area (Å²) in [6.45, 7) is 0. The summed E-state index contributed by atoms with van der Waals surface area (Å²) in [6.07, 6.45) is 2.85. The van der Waals surface area contributed by atoms with Crippen molar-refractivity contribution in [2.75, 3.05) is 19.9 Å². The Kier molecular flexibility index (Phi) is 3.18. The Morgan fingerprint density at radius 2 is 2.28 bits per heavy atom. The SMILES string of the molecule is CNC(=O)c1cc(-c2cnco2)c(OC)cc1N. The number of methoxy groups -OCH3 is 1. The lowest BCUT2D eigenvalue weighted by Crippen LogP contribution is -2.19. The van der Waals surface area contributed by atoms with Crippen molar-refractivity contribution >= 4 is 11.6 Å². The fourth-order valence-electron chi connectivity index (χ4n) is 1.64. The van der Waals surface area contributed by atoms with Gasteiger partial charge in [0, 0.05) is 18.8 Å². The van der Waals surface area contributed by atoms with Crippen molar-refractivity contribution in [3.8, 4) is 17.1 Å². The summed E-state index contributed by atoms with van der Waals surface area (Å²) in [6, 6.07) is 3.20. The van der Waals surface area contributed by atoms with E-state index < -0.39 is 0 Å². The van der Waals surface area contributed by atoms with Crippen LogP contribution >= 0.6 is 0 Å². The summed E-state index contributed by atoms with van der Waals surface area (Å²) in [5, 5.41) is 2.53. The lowest BCUT2D eigenvalue weighted by Gasteiger charge is -2.11. The van der Waals surface area contributed by atoms with Crippen molar-refractivity contribution in [2.24, 2.45) is 0 Å². The highest BCUT2D eigenvalue weighted by atomic mass is 16.5. The van der Waals surface area contributed by atoms with Crippen LogP contribution in [0.4, 0.5) is 5.69 Å². The number of rotatable bonds is 3. The molecule has 0 aliphatic heterocycles. The Labute approximate surface area is 104 Å². The second-order valence-electron chi connectivity index (χ2n) is 3.58. The number of hydrogen-bond acceptors (Lipinski definition) is 5. The Bertz CT molecular complexity index is 564. The maximum absolute atomic E-state index is 11.7. The van der Waals surface area contributed by atoms with Crippen molar-refractivity contribution in [3.63, 3.8) is 0 Å². The smallest absolute Gasteiger partial charge is 0.253 e. The summed E-state index contributed by atoms with van der Waals surface area (Å²) in [7, 11) is 3.06. The van der Waals surface area contributed by atoms with Crippen LogP contribution in [0.15, 0.2) is 29.1 Å². The van der Waals surface area contributed by atoms with Gasteiger partial charge in [-0.25, -0.2) is 4.98 Å². The van der Waals surface area contributed by atoms with Crippen LogP contribution in [0.3, 0.4) is 0 Å². The number of amides is 1. The molecule has 1 aromatic carbocycles. The molecule has 6 heteroatoms. The molecule has 1 aromatic heterocycles. The minimum atomic E-state index is -0.268. The van der Waals surface area contributed by atoms with Gasteiger partial charge in [0.05, 0.1) is 24.4 Å². The molecule has 2 rings (SSSR count). The maximum Gasteiger partial charge on any atom is 0.253 e. The molecule has 0 saturated carbocycles. The van der Waals surface area contributed by atoms with E-state index in [1.54, 1.807) is 25.4 Å². The standard InChI is InChI=1S/C12H13N3O3/c1-14-12(16)7-3-8(11-5-15-6-18-11)10(17-2)4-9(7)13/h3-6H,13H2,1-2H3,(H,14,16). The number of nitrogens with two attached hydrogens (primary N) is 1. The second kappa shape index (κ2) is 4.79. The average Bonchev–Trinajstić information content (AvgIpc) is 2.91. The number of ether oxygens (including phenoxy) is 1. The van der Waals surface area contributed by atoms with E-state index in [0.29, 0.717) is 28.3 Å². The molecular weight excluding hydrogens is 234 g/mol. The number of nitrogens with one attached hydrogen (secondary N) is 1. The zero-order valence-corrected chi connectivity index (χ0v) is 10.1. The van der Waals surface area contributed by atoms with Gasteiger partial charge in [0.1, 0.15) is 5.75 Å². The van der Waals surface area contributed by atoms with Gasteiger partial charge < -0.3 is 20.2 Å². The van der Waals surface area contributed by atoms with E-state index in [9.17, 15) is 4.79 Å². The first kappa shape index (κ1) is 12.0. The number of carbonyl (C=O) groups is 1. The normalized spacial score (nSPS) is 10.1. The van der Waals surface area contributed by atoms with Gasteiger partial charge >= 0.3 is 0 Å². The number of oxazole rings is 1. The summed E-state index contributed by atoms with van der Waals surface area (Å²) >= 11 is 0. The number of nitrogens with zero attached hydrogens (tertiary/aromatic N) is 1. The van der Waals surface area contributed by atoms with E-state index in [1.165, 1.54) is 13.5 Å². The van der Waals surface area contributed by atoms with Gasteiger partial charge in [-0.15, -0.1) is 0 Å². The molecule has 0 unspecified atom stereocenters. The van der Waals surface area contributed by atoms with E-state index in [4.69, 9.17) is 14.9 Å². The second-order valence-corrected chi connectivity index (χ2v) is 3.58. The zero-order valence-electron chi connectivity index (χ0n) is 10.1. The molecule has 1 heterocycles. The molecule has 1 amide bonds. The molecule has 2 aromatic rings. The summed E-state index contributed by atoms with van der Waals surface area (Å²) in [4.78, 5) is 15.5. The lowest BCUT2D eigenvalue weighted by atomic mass is 10.1. The Hall–Kier alpha value is -2.50. The maximum atomic E-state index is 11.7. The monoisotopic (exact) mass is 247 g/mol. The van der Waals surface area contributed by atoms with Crippen molar-refractivity contribution in [2.45, 2.75) is 0 Å². The molecule has 0 fully saturated rings. The van der Waals surface area contributed by atoms with Crippen LogP contribution in [0.2, 0.25) is 0 Å². The van der Waals surface area contributed by atoms with Gasteiger partial charge in [-0.2, -0.15) is 0 Å². The molecular formula is C12H13N3O3. The Morgan fingerprint density at radius 3 is 2.83 bits per heavy atom. The molecule has 0 atom stereocenters. The molecule has 94 valence electrons. The van der Waals surface area contributed by atoms with Crippen molar-refractivity contribution in [1.29, 1.82) is 0 Å². The van der Waals surface area contributed by atoms with Crippen molar-refractivity contribution in [3.05, 3.63) is 30.3 Å². The Balaban J connectivity index is 2.60. The van der Waals surface area contributed by atoms with E-state index in [1.807, 2.05) is 0 Å². The van der Waals surface area contributed by atoms with Gasteiger partial charge in [-0.1, -0.05) is 0 Å². The first-order chi connectivity index (χ1) is 8.67. The van der Waals surface area contributed by atoms with Crippen LogP contribution in [0.5, 0.6) is 5.75 Å². The number of carbonyl (C=O) groups excluding carboxylic acids is 1. The van der Waals surface area contributed by atoms with Gasteiger partial charge in [-0.05, 0) is 6.07 Å². The highest BCUT2D eigenvalue weighted by Crippen LogP contribution is 2.33.